The zero-order valence-electron chi connectivity index (χ0n) is 17.7. The van der Waals surface area contributed by atoms with Gasteiger partial charge in [-0.05, 0) is 30.5 Å². The van der Waals surface area contributed by atoms with E-state index in [1.165, 1.54) is 0 Å². The highest BCUT2D eigenvalue weighted by Gasteiger charge is 2.19. The Morgan fingerprint density at radius 2 is 1.83 bits per heavy atom. The number of aliphatic imine (C=N–C) groups is 1. The first-order valence-electron chi connectivity index (χ1n) is 10.2. The van der Waals surface area contributed by atoms with Gasteiger partial charge >= 0.3 is 0 Å². The lowest BCUT2D eigenvalue weighted by Crippen LogP contribution is -2.36. The first-order chi connectivity index (χ1) is 14.2. The Balaban J connectivity index is 0.00000320. The van der Waals surface area contributed by atoms with Gasteiger partial charge in [0.25, 0.3) is 0 Å². The lowest BCUT2D eigenvalue weighted by Gasteiger charge is -2.15. The molecule has 0 aliphatic carbocycles. The van der Waals surface area contributed by atoms with E-state index in [4.69, 9.17) is 4.74 Å². The van der Waals surface area contributed by atoms with E-state index in [-0.39, 0.29) is 29.9 Å². The Bertz CT molecular complexity index is 839. The molecule has 1 fully saturated rings. The molecule has 0 radical (unpaired) electrons. The van der Waals surface area contributed by atoms with Gasteiger partial charge in [-0.3, -0.25) is 4.79 Å². The van der Waals surface area contributed by atoms with Crippen molar-refractivity contribution in [3.63, 3.8) is 0 Å². The highest BCUT2D eigenvalue weighted by molar-refractivity contribution is 14.0. The predicted molar refractivity (Wildman–Crippen MR) is 131 cm³/mol. The van der Waals surface area contributed by atoms with Crippen LogP contribution in [0.25, 0.3) is 0 Å². The largest absolute Gasteiger partial charge is 0.496 e. The first-order valence-corrected chi connectivity index (χ1v) is 10.2. The van der Waals surface area contributed by atoms with Gasteiger partial charge in [-0.2, -0.15) is 0 Å². The molecule has 0 atom stereocenters. The Kier molecular flexibility index (Phi) is 9.93. The molecule has 0 spiro atoms. The number of ether oxygens (including phenoxy) is 1. The first kappa shape index (κ1) is 24.0. The number of nitrogens with one attached hydrogen (secondary N) is 2. The van der Waals surface area contributed by atoms with E-state index < -0.39 is 0 Å². The number of guanidine groups is 1. The molecular formula is C23H31IN4O2. The predicted octanol–water partition coefficient (Wildman–Crippen LogP) is 3.69. The normalized spacial score (nSPS) is 13.7. The third kappa shape index (κ3) is 6.90. The van der Waals surface area contributed by atoms with E-state index in [1.54, 1.807) is 7.11 Å². The summed E-state index contributed by atoms with van der Waals surface area (Å²) in [6.45, 7) is 5.64. The van der Waals surface area contributed by atoms with Crippen LogP contribution in [0.3, 0.4) is 0 Å². The summed E-state index contributed by atoms with van der Waals surface area (Å²) in [5, 5.41) is 6.64. The average molecular weight is 522 g/mol. The summed E-state index contributed by atoms with van der Waals surface area (Å²) in [5.74, 6) is 1.89. The second kappa shape index (κ2) is 12.4. The molecule has 0 saturated carbocycles. The number of carbonyl (C=O) groups excluding carboxylic acids is 1. The quantitative estimate of drug-likeness (QED) is 0.316. The van der Waals surface area contributed by atoms with E-state index in [2.05, 4.69) is 46.8 Å². The summed E-state index contributed by atoms with van der Waals surface area (Å²) in [7, 11) is 1.68. The van der Waals surface area contributed by atoms with Crippen molar-refractivity contribution in [2.75, 3.05) is 20.2 Å². The van der Waals surface area contributed by atoms with Crippen LogP contribution in [0, 0.1) is 0 Å². The van der Waals surface area contributed by atoms with Crippen molar-refractivity contribution >= 4 is 35.8 Å². The number of para-hydroxylation sites is 1. The smallest absolute Gasteiger partial charge is 0.222 e. The summed E-state index contributed by atoms with van der Waals surface area (Å²) in [6.07, 6.45) is 1.66. The van der Waals surface area contributed by atoms with Crippen LogP contribution in [-0.2, 0) is 24.4 Å². The summed E-state index contributed by atoms with van der Waals surface area (Å²) in [6, 6.07) is 16.3. The molecule has 2 aromatic rings. The number of methoxy groups -OCH3 is 1. The summed E-state index contributed by atoms with van der Waals surface area (Å²) in [4.78, 5) is 18.4. The Labute approximate surface area is 196 Å². The maximum Gasteiger partial charge on any atom is 0.222 e. The van der Waals surface area contributed by atoms with Crippen LogP contribution in [0.1, 0.15) is 36.5 Å². The highest BCUT2D eigenvalue weighted by Crippen LogP contribution is 2.17. The van der Waals surface area contributed by atoms with Crippen LogP contribution in [0.4, 0.5) is 0 Å². The van der Waals surface area contributed by atoms with Crippen molar-refractivity contribution in [1.82, 2.24) is 15.5 Å². The minimum Gasteiger partial charge on any atom is -0.496 e. The Morgan fingerprint density at radius 3 is 2.50 bits per heavy atom. The molecule has 0 bridgehead atoms. The summed E-state index contributed by atoms with van der Waals surface area (Å²) in [5.41, 5.74) is 3.38. The minimum absolute atomic E-state index is 0. The molecule has 162 valence electrons. The molecule has 7 heteroatoms. The minimum atomic E-state index is 0. The molecule has 0 aromatic heterocycles. The van der Waals surface area contributed by atoms with Gasteiger partial charge in [0.2, 0.25) is 5.91 Å². The van der Waals surface area contributed by atoms with E-state index in [9.17, 15) is 4.79 Å². The highest BCUT2D eigenvalue weighted by atomic mass is 127. The number of likely N-dealkylation sites (tertiary alicyclic amines) is 1. The van der Waals surface area contributed by atoms with Crippen LogP contribution < -0.4 is 15.4 Å². The maximum atomic E-state index is 11.8. The number of halogens is 1. The average Bonchev–Trinajstić information content (AvgIpc) is 3.15. The van der Waals surface area contributed by atoms with Gasteiger partial charge in [0.1, 0.15) is 5.75 Å². The van der Waals surface area contributed by atoms with E-state index >= 15 is 0 Å². The molecule has 1 aliphatic rings. The molecule has 1 amide bonds. The fraction of sp³-hybridized carbons (Fsp3) is 0.391. The van der Waals surface area contributed by atoms with Gasteiger partial charge in [-0.15, -0.1) is 24.0 Å². The number of nitrogens with zero attached hydrogens (tertiary/aromatic N) is 2. The zero-order valence-corrected chi connectivity index (χ0v) is 20.0. The maximum absolute atomic E-state index is 11.8. The summed E-state index contributed by atoms with van der Waals surface area (Å²) < 4.78 is 5.41. The van der Waals surface area contributed by atoms with E-state index in [1.807, 2.05) is 29.2 Å². The second-order valence-corrected chi connectivity index (χ2v) is 7.10. The van der Waals surface area contributed by atoms with Gasteiger partial charge in [-0.1, -0.05) is 42.5 Å². The molecule has 1 heterocycles. The number of benzene rings is 2. The van der Waals surface area contributed by atoms with Crippen LogP contribution in [0.2, 0.25) is 0 Å². The van der Waals surface area contributed by atoms with Gasteiger partial charge < -0.3 is 20.3 Å². The van der Waals surface area contributed by atoms with Crippen LogP contribution in [-0.4, -0.2) is 37.0 Å². The third-order valence-corrected chi connectivity index (χ3v) is 4.97. The van der Waals surface area contributed by atoms with Crippen molar-refractivity contribution in [3.8, 4) is 5.75 Å². The number of amides is 1. The fourth-order valence-electron chi connectivity index (χ4n) is 3.38. The lowest BCUT2D eigenvalue weighted by molar-refractivity contribution is -0.128. The van der Waals surface area contributed by atoms with Crippen LogP contribution >= 0.6 is 24.0 Å². The van der Waals surface area contributed by atoms with Crippen molar-refractivity contribution in [2.45, 2.75) is 39.4 Å². The van der Waals surface area contributed by atoms with E-state index in [0.717, 1.165) is 47.9 Å². The molecule has 2 aromatic carbocycles. The number of hydrogen-bond acceptors (Lipinski definition) is 3. The Morgan fingerprint density at radius 1 is 1.10 bits per heavy atom. The molecule has 0 unspecified atom stereocenters. The molecule has 2 N–H and O–H groups in total. The van der Waals surface area contributed by atoms with Crippen LogP contribution in [0.15, 0.2) is 53.5 Å². The fourth-order valence-corrected chi connectivity index (χ4v) is 3.38. The molecule has 1 aliphatic heterocycles. The van der Waals surface area contributed by atoms with Gasteiger partial charge in [0.15, 0.2) is 5.96 Å². The molecule has 1 saturated heterocycles. The standard InChI is InChI=1S/C23H30N4O2.HI/c1-3-24-23(26-16-20-7-4-5-8-21(20)29-2)25-15-18-10-12-19(13-11-18)17-27-14-6-9-22(27)28;/h4-5,7-8,10-13H,3,6,9,14-17H2,1-2H3,(H2,24,25,26);1H. The van der Waals surface area contributed by atoms with Gasteiger partial charge in [-0.25, -0.2) is 4.99 Å². The number of carbonyl (C=O) groups is 1. The van der Waals surface area contributed by atoms with Gasteiger partial charge in [0, 0.05) is 38.2 Å². The van der Waals surface area contributed by atoms with Crippen molar-refractivity contribution in [3.05, 3.63) is 65.2 Å². The second-order valence-electron chi connectivity index (χ2n) is 7.10. The van der Waals surface area contributed by atoms with Crippen LogP contribution in [0.5, 0.6) is 5.75 Å². The van der Waals surface area contributed by atoms with Crippen molar-refractivity contribution in [2.24, 2.45) is 4.99 Å². The van der Waals surface area contributed by atoms with Gasteiger partial charge in [0.05, 0.1) is 13.7 Å². The van der Waals surface area contributed by atoms with E-state index in [0.29, 0.717) is 26.1 Å². The SMILES string of the molecule is CCNC(=NCc1ccc(CN2CCCC2=O)cc1)NCc1ccccc1OC.I. The molecule has 30 heavy (non-hydrogen) atoms. The Hall–Kier alpha value is -2.29. The topological polar surface area (TPSA) is 66.0 Å². The molecule has 6 nitrogen and oxygen atoms in total. The third-order valence-electron chi connectivity index (χ3n) is 4.97. The molecular weight excluding hydrogens is 491 g/mol. The van der Waals surface area contributed by atoms with Crippen molar-refractivity contribution < 1.29 is 9.53 Å². The number of hydrogen-bond donors (Lipinski definition) is 2. The monoisotopic (exact) mass is 522 g/mol. The molecule has 3 rings (SSSR count). The van der Waals surface area contributed by atoms with Crippen molar-refractivity contribution in [1.29, 1.82) is 0 Å². The summed E-state index contributed by atoms with van der Waals surface area (Å²) >= 11 is 0. The lowest BCUT2D eigenvalue weighted by atomic mass is 10.1. The number of rotatable bonds is 8. The zero-order chi connectivity index (χ0) is 20.5.